The Morgan fingerprint density at radius 1 is 0.939 bits per heavy atom. The van der Waals surface area contributed by atoms with E-state index in [-0.39, 0.29) is 66.9 Å². The first-order valence-corrected chi connectivity index (χ1v) is 25.3. The fourth-order valence-corrected chi connectivity index (χ4v) is 13.3. The van der Waals surface area contributed by atoms with Crippen molar-refractivity contribution >= 4 is 16.1 Å². The van der Waals surface area contributed by atoms with Crippen molar-refractivity contribution in [3.05, 3.63) is 142 Å². The standard InChI is InChI=1S/C54H63N3O8S/c1-2-36-31-49(66(61,62)63)48-30-41-27-40(29-46-26-35(33-58)11-8-12-39-28-44(59)19-22-47(39)51(41)64-46)50(48)38-13-17-42(18-14-38)54(57-52(55)56,65-45-20-15-37(36)16-21-45)32-43(53(60)23-6-7-24-53)25-34-9-4-3-5-10-34/h3-5,9-10,13-22,28,30,35-36,40,43,46,48-51,58-60H,2,6-7,11,23-27,29,31-33H2,1H3,(H4,55,56,57)(H,61,62,63)/t35-,36+,40+,43-,46-,48-,49-,50+,51-,54-/m1/s1. The predicted molar refractivity (Wildman–Crippen MR) is 255 cm³/mol. The first-order valence-electron chi connectivity index (χ1n) is 23.8. The van der Waals surface area contributed by atoms with E-state index in [4.69, 9.17) is 25.9 Å². The van der Waals surface area contributed by atoms with Crippen LogP contribution in [0.1, 0.15) is 129 Å². The number of ether oxygens (including phenoxy) is 2. The number of aromatic hydroxyl groups is 1. The van der Waals surface area contributed by atoms with Gasteiger partial charge in [0.15, 0.2) is 5.96 Å². The number of phenolic OH excluding ortho intramolecular Hbond substituents is 1. The van der Waals surface area contributed by atoms with E-state index in [2.05, 4.69) is 30.0 Å². The number of rotatable bonds is 9. The molecule has 12 rings (SSSR count). The zero-order chi connectivity index (χ0) is 46.2. The molecule has 1 saturated carbocycles. The van der Waals surface area contributed by atoms with E-state index < -0.39 is 38.7 Å². The van der Waals surface area contributed by atoms with Gasteiger partial charge in [0.05, 0.1) is 17.0 Å². The summed E-state index contributed by atoms with van der Waals surface area (Å²) in [7, 11) is -4.65. The lowest BCUT2D eigenvalue weighted by atomic mass is 9.65. The minimum Gasteiger partial charge on any atom is -0.508 e. The zero-order valence-corrected chi connectivity index (χ0v) is 38.5. The summed E-state index contributed by atoms with van der Waals surface area (Å²) in [5, 5.41) is 32.4. The van der Waals surface area contributed by atoms with Gasteiger partial charge in [-0.05, 0) is 127 Å². The van der Waals surface area contributed by atoms with Crippen LogP contribution in [-0.4, -0.2) is 57.8 Å². The van der Waals surface area contributed by atoms with Crippen LogP contribution < -0.4 is 16.2 Å². The van der Waals surface area contributed by atoms with Gasteiger partial charge in [0, 0.05) is 42.1 Å². The number of allylic oxidation sites excluding steroid dienone is 1. The summed E-state index contributed by atoms with van der Waals surface area (Å²) >= 11 is 0. The molecule has 0 aromatic heterocycles. The van der Waals surface area contributed by atoms with Crippen LogP contribution in [0, 0.1) is 35.5 Å². The van der Waals surface area contributed by atoms with Gasteiger partial charge in [-0.15, -0.1) is 0 Å². The maximum atomic E-state index is 14.1. The summed E-state index contributed by atoms with van der Waals surface area (Å²) in [5.74, 6) is 5.05. The average Bonchev–Trinajstić information content (AvgIpc) is 3.69. The van der Waals surface area contributed by atoms with Crippen molar-refractivity contribution in [2.75, 3.05) is 6.61 Å². The van der Waals surface area contributed by atoms with Crippen molar-refractivity contribution in [3.8, 4) is 23.3 Å². The number of aliphatic hydroxyl groups excluding tert-OH is 1. The van der Waals surface area contributed by atoms with Gasteiger partial charge < -0.3 is 36.3 Å². The molecule has 1 saturated heterocycles. The second-order valence-corrected chi connectivity index (χ2v) is 21.3. The third-order valence-electron chi connectivity index (χ3n) is 15.4. The van der Waals surface area contributed by atoms with Crippen molar-refractivity contribution in [2.24, 2.45) is 40.1 Å². The summed E-state index contributed by atoms with van der Waals surface area (Å²) in [6.07, 6.45) is 8.06. The highest BCUT2D eigenvalue weighted by atomic mass is 32.2. The van der Waals surface area contributed by atoms with Crippen molar-refractivity contribution in [1.29, 1.82) is 0 Å². The topological polar surface area (TPSA) is 198 Å². The van der Waals surface area contributed by atoms with Gasteiger partial charge >= 0.3 is 0 Å². The molecule has 4 aromatic carbocycles. The Kier molecular flexibility index (Phi) is 13.1. The van der Waals surface area contributed by atoms with Crippen LogP contribution in [0.3, 0.4) is 0 Å². The first kappa shape index (κ1) is 46.0. The lowest BCUT2D eigenvalue weighted by molar-refractivity contribution is -0.0531. The molecule has 8 N–H and O–H groups in total. The molecule has 10 atom stereocenters. The number of hydrogen-bond donors (Lipinski definition) is 6. The predicted octanol–water partition coefficient (Wildman–Crippen LogP) is 8.54. The third kappa shape index (κ3) is 9.51. The lowest BCUT2D eigenvalue weighted by Crippen LogP contribution is -2.45. The number of fused-ring (bicyclic) bond motifs is 7. The Bertz CT molecular complexity index is 2600. The maximum Gasteiger partial charge on any atom is 0.268 e. The average molecular weight is 914 g/mol. The van der Waals surface area contributed by atoms with Crippen LogP contribution in [0.5, 0.6) is 11.5 Å². The number of nitrogens with zero attached hydrogens (tertiary/aromatic N) is 1. The highest BCUT2D eigenvalue weighted by Gasteiger charge is 2.50. The highest BCUT2D eigenvalue weighted by Crippen LogP contribution is 2.54. The first-order chi connectivity index (χ1) is 31.7. The van der Waals surface area contributed by atoms with E-state index in [1.54, 1.807) is 12.1 Å². The Morgan fingerprint density at radius 3 is 2.35 bits per heavy atom. The van der Waals surface area contributed by atoms with Crippen LogP contribution >= 0.6 is 0 Å². The van der Waals surface area contributed by atoms with Crippen molar-refractivity contribution in [2.45, 2.75) is 125 Å². The van der Waals surface area contributed by atoms with Crippen LogP contribution in [0.15, 0.2) is 114 Å². The zero-order valence-electron chi connectivity index (χ0n) is 37.6. The molecule has 0 radical (unpaired) electrons. The molecule has 2 fully saturated rings. The number of hydrogen-bond acceptors (Lipinski definition) is 8. The molecule has 66 heavy (non-hydrogen) atoms. The Balaban J connectivity index is 1.23. The SMILES string of the molecule is CC[C@H]1C[C@@H](S(=O)(=O)O)[C@H]2C=C3C[C@@H](C[C@H]4C[C@H](CO)CC#Cc5cc(O)ccc5[C@@H]3O4)[C@@H]2c2ccc(cc2)[C@](C[C@@H](Cc2ccccc2)C2(O)CCCC2)(N=C(N)N)Oc2ccc1cc2. The molecule has 2 aliphatic carbocycles. The van der Waals surface area contributed by atoms with Crippen LogP contribution in [0.4, 0.5) is 0 Å². The Labute approximate surface area is 389 Å². The molecule has 8 aliphatic rings. The van der Waals surface area contributed by atoms with Gasteiger partial charge in [0.1, 0.15) is 17.6 Å². The molecular formula is C54H63N3O8S. The summed E-state index contributed by atoms with van der Waals surface area (Å²) in [6, 6.07) is 30.9. The number of nitrogens with two attached hydrogens (primary N) is 2. The van der Waals surface area contributed by atoms with E-state index in [9.17, 15) is 28.3 Å². The third-order valence-corrected chi connectivity index (χ3v) is 16.7. The van der Waals surface area contributed by atoms with Crippen molar-refractivity contribution in [3.63, 3.8) is 0 Å². The van der Waals surface area contributed by atoms with Gasteiger partial charge in [0.25, 0.3) is 10.1 Å². The van der Waals surface area contributed by atoms with E-state index in [0.717, 1.165) is 40.7 Å². The normalized spacial score (nSPS) is 29.5. The molecule has 12 heteroatoms. The summed E-state index contributed by atoms with van der Waals surface area (Å²) < 4.78 is 53.8. The smallest absolute Gasteiger partial charge is 0.268 e. The molecular weight excluding hydrogens is 851 g/mol. The molecule has 0 amide bonds. The van der Waals surface area contributed by atoms with Crippen molar-refractivity contribution in [1.82, 2.24) is 0 Å². The van der Waals surface area contributed by atoms with E-state index in [1.807, 2.05) is 79.7 Å². The number of phenols is 1. The molecule has 348 valence electrons. The number of aliphatic hydroxyl groups is 2. The largest absolute Gasteiger partial charge is 0.508 e. The van der Waals surface area contributed by atoms with Gasteiger partial charge in [-0.2, -0.15) is 8.42 Å². The fourth-order valence-electron chi connectivity index (χ4n) is 12.2. The number of benzene rings is 4. The summed E-state index contributed by atoms with van der Waals surface area (Å²) in [4.78, 5) is 4.97. The minimum atomic E-state index is -4.65. The number of guanidine groups is 1. The van der Waals surface area contributed by atoms with Crippen molar-refractivity contribution < 1.29 is 37.8 Å². The molecule has 4 aromatic rings. The Morgan fingerprint density at radius 2 is 1.67 bits per heavy atom. The van der Waals surface area contributed by atoms with E-state index in [0.29, 0.717) is 68.2 Å². The van der Waals surface area contributed by atoms with Crippen LogP contribution in [-0.2, 0) is 27.0 Å². The van der Waals surface area contributed by atoms with Gasteiger partial charge in [-0.3, -0.25) is 4.55 Å². The molecule has 8 bridgehead atoms. The Hall–Kier alpha value is -5.16. The fraction of sp³-hybridized carbons (Fsp3) is 0.463. The minimum absolute atomic E-state index is 0.0691. The molecule has 0 spiro atoms. The second kappa shape index (κ2) is 18.8. The number of aliphatic imine (C=N–C) groups is 1. The summed E-state index contributed by atoms with van der Waals surface area (Å²) in [6.45, 7) is 1.96. The molecule has 0 unspecified atom stereocenters. The monoisotopic (exact) mass is 913 g/mol. The highest BCUT2D eigenvalue weighted by molar-refractivity contribution is 7.86. The van der Waals surface area contributed by atoms with Gasteiger partial charge in [-0.25, -0.2) is 4.99 Å². The van der Waals surface area contributed by atoms with Crippen LogP contribution in [0.25, 0.3) is 0 Å². The lowest BCUT2D eigenvalue weighted by Gasteiger charge is -2.41. The van der Waals surface area contributed by atoms with Crippen LogP contribution in [0.2, 0.25) is 0 Å². The van der Waals surface area contributed by atoms with Gasteiger partial charge in [-0.1, -0.05) is 110 Å². The summed E-state index contributed by atoms with van der Waals surface area (Å²) in [5.41, 5.74) is 16.1. The van der Waals surface area contributed by atoms with Gasteiger partial charge in [0.2, 0.25) is 5.72 Å². The second-order valence-electron chi connectivity index (χ2n) is 19.7. The van der Waals surface area contributed by atoms with E-state index in [1.165, 1.54) is 0 Å². The quantitative estimate of drug-likeness (QED) is 0.0311. The maximum absolute atomic E-state index is 14.1. The van der Waals surface area contributed by atoms with E-state index >= 15 is 0 Å². The molecule has 6 aliphatic heterocycles. The molecule has 6 heterocycles. The molecule has 11 nitrogen and oxygen atoms in total.